The van der Waals surface area contributed by atoms with Crippen molar-refractivity contribution in [1.29, 1.82) is 0 Å². The number of aliphatic hydroxyl groups is 1. The molecule has 0 fully saturated rings. The lowest BCUT2D eigenvalue weighted by Crippen LogP contribution is -2.35. The van der Waals surface area contributed by atoms with Crippen molar-refractivity contribution < 1.29 is 35.7 Å². The molecule has 0 aliphatic carbocycles. The first-order valence-electron chi connectivity index (χ1n) is 8.27. The highest BCUT2D eigenvalue weighted by atomic mass is 32.2. The zero-order chi connectivity index (χ0) is 20.5. The van der Waals surface area contributed by atoms with Gasteiger partial charge in [0.15, 0.2) is 5.71 Å². The van der Waals surface area contributed by atoms with Gasteiger partial charge in [0.05, 0.1) is 11.3 Å². The molecule has 1 aliphatic rings. The summed E-state index contributed by atoms with van der Waals surface area (Å²) in [6.45, 7) is 1.53. The molecule has 0 radical (unpaired) electrons. The van der Waals surface area contributed by atoms with Crippen molar-refractivity contribution in [3.63, 3.8) is 0 Å². The van der Waals surface area contributed by atoms with Gasteiger partial charge in [-0.25, -0.2) is 0 Å². The number of alkyl halides is 3. The average Bonchev–Trinajstić information content (AvgIpc) is 2.61. The molecule has 1 unspecified atom stereocenters. The number of benzene rings is 2. The Hall–Kier alpha value is -2.59. The number of hydrogen-bond acceptors (Lipinski definition) is 6. The molecule has 2 aromatic rings. The van der Waals surface area contributed by atoms with Gasteiger partial charge in [0.25, 0.3) is 0 Å². The van der Waals surface area contributed by atoms with Crippen LogP contribution in [0.15, 0.2) is 47.1 Å². The van der Waals surface area contributed by atoms with Crippen molar-refractivity contribution in [2.24, 2.45) is 5.16 Å². The fourth-order valence-corrected chi connectivity index (χ4v) is 3.54. The Balaban J connectivity index is 2.13. The predicted octanol–water partition coefficient (Wildman–Crippen LogP) is 3.61. The number of oxime groups is 1. The minimum atomic E-state index is -5.08. The highest BCUT2D eigenvalue weighted by Crippen LogP contribution is 2.37. The molecule has 150 valence electrons. The number of fused-ring (bicyclic) bond motifs is 3. The van der Waals surface area contributed by atoms with Crippen molar-refractivity contribution in [2.45, 2.75) is 25.8 Å². The van der Waals surface area contributed by atoms with Gasteiger partial charge in [0, 0.05) is 5.56 Å². The number of halogens is 3. The Labute approximate surface area is 159 Å². The normalized spacial score (nSPS) is 17.7. The average molecular weight is 415 g/mol. The van der Waals surface area contributed by atoms with Crippen LogP contribution in [0.4, 0.5) is 13.2 Å². The lowest BCUT2D eigenvalue weighted by molar-refractivity contribution is -0.0637. The van der Waals surface area contributed by atoms with Gasteiger partial charge < -0.3 is 9.84 Å². The second-order valence-electron chi connectivity index (χ2n) is 6.04. The summed E-state index contributed by atoms with van der Waals surface area (Å²) in [6.07, 6.45) is -5.85. The van der Waals surface area contributed by atoms with Gasteiger partial charge in [-0.2, -0.15) is 21.6 Å². The highest BCUT2D eigenvalue weighted by Gasteiger charge is 2.43. The second kappa shape index (κ2) is 7.44. The molecular weight excluding hydrogens is 399 g/mol. The molecule has 28 heavy (non-hydrogen) atoms. The van der Waals surface area contributed by atoms with E-state index in [4.69, 9.17) is 4.74 Å². The van der Waals surface area contributed by atoms with Crippen LogP contribution in [0.5, 0.6) is 5.75 Å². The van der Waals surface area contributed by atoms with Gasteiger partial charge in [0.2, 0.25) is 6.29 Å². The van der Waals surface area contributed by atoms with E-state index in [1.807, 2.05) is 0 Å². The van der Waals surface area contributed by atoms with Crippen molar-refractivity contribution in [1.82, 2.24) is 0 Å². The minimum absolute atomic E-state index is 0.146. The third-order valence-corrected chi connectivity index (χ3v) is 5.18. The second-order valence-corrected chi connectivity index (χ2v) is 7.72. The van der Waals surface area contributed by atoms with E-state index in [-0.39, 0.29) is 12.2 Å². The maximum absolute atomic E-state index is 13.5. The Morgan fingerprint density at radius 2 is 1.96 bits per heavy atom. The van der Waals surface area contributed by atoms with E-state index in [0.717, 1.165) is 11.5 Å². The lowest BCUT2D eigenvalue weighted by atomic mass is 9.97. The van der Waals surface area contributed by atoms with Crippen molar-refractivity contribution in [3.05, 3.63) is 47.5 Å². The predicted molar refractivity (Wildman–Crippen MR) is 97.2 cm³/mol. The first kappa shape index (κ1) is 20.2. The molecule has 0 bridgehead atoms. The van der Waals surface area contributed by atoms with E-state index in [9.17, 15) is 26.7 Å². The van der Waals surface area contributed by atoms with Gasteiger partial charge in [0.1, 0.15) is 5.75 Å². The van der Waals surface area contributed by atoms with E-state index in [1.165, 1.54) is 13.0 Å². The monoisotopic (exact) mass is 415 g/mol. The fourth-order valence-electron chi connectivity index (χ4n) is 2.77. The van der Waals surface area contributed by atoms with Crippen LogP contribution in [-0.2, 0) is 14.4 Å². The summed E-state index contributed by atoms with van der Waals surface area (Å²) in [5.41, 5.74) is -2.12. The summed E-state index contributed by atoms with van der Waals surface area (Å²) in [7, 11) is -4.28. The number of hydrogen-bond donors (Lipinski definition) is 1. The van der Waals surface area contributed by atoms with Gasteiger partial charge in [-0.05, 0) is 29.3 Å². The maximum atomic E-state index is 13.5. The van der Waals surface area contributed by atoms with Crippen molar-refractivity contribution in [2.75, 3.05) is 5.75 Å². The van der Waals surface area contributed by atoms with Gasteiger partial charge in [-0.3, -0.25) is 4.28 Å². The molecule has 1 heterocycles. The Morgan fingerprint density at radius 1 is 1.25 bits per heavy atom. The van der Waals surface area contributed by atoms with E-state index < -0.39 is 39.6 Å². The van der Waals surface area contributed by atoms with Crippen LogP contribution < -0.4 is 4.74 Å². The molecule has 2 aromatic carbocycles. The molecule has 0 saturated carbocycles. The maximum Gasteiger partial charge on any atom is 0.437 e. The Morgan fingerprint density at radius 3 is 2.64 bits per heavy atom. The van der Waals surface area contributed by atoms with E-state index in [0.29, 0.717) is 10.9 Å². The third kappa shape index (κ3) is 4.12. The molecule has 6 nitrogen and oxygen atoms in total. The molecule has 0 spiro atoms. The first-order chi connectivity index (χ1) is 13.1. The topological polar surface area (TPSA) is 85.2 Å². The van der Waals surface area contributed by atoms with Crippen LogP contribution in [0.3, 0.4) is 0 Å². The van der Waals surface area contributed by atoms with E-state index in [2.05, 4.69) is 9.44 Å². The Kier molecular flexibility index (Phi) is 5.35. The summed E-state index contributed by atoms with van der Waals surface area (Å²) in [6, 6.07) is 10.2. The van der Waals surface area contributed by atoms with Crippen LogP contribution in [0.1, 0.15) is 18.9 Å². The number of nitrogens with zero attached hydrogens (tertiary/aromatic N) is 1. The van der Waals surface area contributed by atoms with Crippen molar-refractivity contribution >= 4 is 32.7 Å². The van der Waals surface area contributed by atoms with Gasteiger partial charge in [-0.15, -0.1) is 0 Å². The van der Waals surface area contributed by atoms with Crippen LogP contribution in [0.2, 0.25) is 0 Å². The van der Waals surface area contributed by atoms with Crippen molar-refractivity contribution in [3.8, 4) is 5.75 Å². The largest absolute Gasteiger partial charge is 0.460 e. The highest BCUT2D eigenvalue weighted by molar-refractivity contribution is 7.86. The van der Waals surface area contributed by atoms with Crippen LogP contribution in [-0.4, -0.2) is 37.5 Å². The first-order valence-corrected chi connectivity index (χ1v) is 9.85. The molecular formula is C18H16F3NO5S. The SMILES string of the molecule is CCCS(=O)(=O)O/N=C(\C1=Cc2c(ccc3ccccc23)OC1O)C(F)(F)F. The summed E-state index contributed by atoms with van der Waals surface area (Å²) in [5.74, 6) is -0.302. The number of aliphatic hydroxyl groups excluding tert-OH is 1. The fraction of sp³-hybridized carbons (Fsp3) is 0.278. The minimum Gasteiger partial charge on any atom is -0.460 e. The molecule has 10 heteroatoms. The summed E-state index contributed by atoms with van der Waals surface area (Å²) >= 11 is 0. The third-order valence-electron chi connectivity index (χ3n) is 3.97. The standard InChI is InChI=1S/C18H16F3NO5S/c1-2-9-28(24,25)27-22-16(18(19,20)21)14-10-13-12-6-4-3-5-11(12)7-8-15(13)26-17(14)23/h3-8,10,17,23H,2,9H2,1H3/b22-16+. The van der Waals surface area contributed by atoms with Gasteiger partial charge in [-0.1, -0.05) is 42.4 Å². The lowest BCUT2D eigenvalue weighted by Gasteiger charge is -2.25. The molecule has 1 aliphatic heterocycles. The Bertz CT molecular complexity index is 1060. The molecule has 1 N–H and O–H groups in total. The van der Waals surface area contributed by atoms with Crippen LogP contribution >= 0.6 is 0 Å². The van der Waals surface area contributed by atoms with E-state index >= 15 is 0 Å². The molecule has 0 aromatic heterocycles. The molecule has 3 rings (SSSR count). The number of rotatable bonds is 5. The zero-order valence-corrected chi connectivity index (χ0v) is 15.4. The quantitative estimate of drug-likeness (QED) is 0.596. The smallest absolute Gasteiger partial charge is 0.437 e. The molecule has 1 atom stereocenters. The van der Waals surface area contributed by atoms with Crippen LogP contribution in [0, 0.1) is 0 Å². The summed E-state index contributed by atoms with van der Waals surface area (Å²) < 4.78 is 73.1. The molecule has 0 amide bonds. The van der Waals surface area contributed by atoms with Crippen LogP contribution in [0.25, 0.3) is 16.8 Å². The summed E-state index contributed by atoms with van der Waals surface area (Å²) in [5, 5.41) is 14.2. The van der Waals surface area contributed by atoms with Gasteiger partial charge >= 0.3 is 16.3 Å². The summed E-state index contributed by atoms with van der Waals surface area (Å²) in [4.78, 5) is 0. The number of ether oxygens (including phenoxy) is 1. The van der Waals surface area contributed by atoms with E-state index in [1.54, 1.807) is 30.3 Å². The molecule has 0 saturated heterocycles. The zero-order valence-electron chi connectivity index (χ0n) is 14.6.